The minimum Gasteiger partial charge on any atom is -0.468 e. The lowest BCUT2D eigenvalue weighted by Gasteiger charge is -2.19. The summed E-state index contributed by atoms with van der Waals surface area (Å²) in [4.78, 5) is 11.8. The minimum atomic E-state index is -0.140. The number of aromatic amines is 1. The van der Waals surface area contributed by atoms with E-state index in [1.54, 1.807) is 10.8 Å². The fraction of sp³-hybridized carbons (Fsp3) is 0.538. The highest BCUT2D eigenvalue weighted by molar-refractivity contribution is 7.99. The third-order valence-corrected chi connectivity index (χ3v) is 4.83. The summed E-state index contributed by atoms with van der Waals surface area (Å²) in [6, 6.07) is 4.01. The normalized spacial score (nSPS) is 18.1. The maximum atomic E-state index is 11.8. The molecule has 0 aliphatic heterocycles. The van der Waals surface area contributed by atoms with Crippen LogP contribution >= 0.6 is 11.8 Å². The van der Waals surface area contributed by atoms with Gasteiger partial charge in [0.25, 0.3) is 0 Å². The van der Waals surface area contributed by atoms with E-state index in [1.807, 2.05) is 19.1 Å². The first-order valence-electron chi connectivity index (χ1n) is 6.83. The molecule has 0 aromatic carbocycles. The lowest BCUT2D eigenvalue weighted by molar-refractivity contribution is 0.472. The molecule has 3 rings (SSSR count). The number of hydrogen-bond acceptors (Lipinski definition) is 5. The topological polar surface area (TPSA) is 89.8 Å². The van der Waals surface area contributed by atoms with E-state index in [2.05, 4.69) is 10.2 Å². The summed E-state index contributed by atoms with van der Waals surface area (Å²) in [6.45, 7) is 2.04. The summed E-state index contributed by atoms with van der Waals surface area (Å²) >= 11 is 1.50. The number of hydrogen-bond donors (Lipinski definition) is 2. The van der Waals surface area contributed by atoms with Crippen molar-refractivity contribution in [1.82, 2.24) is 14.8 Å². The Labute approximate surface area is 120 Å². The molecule has 6 nitrogen and oxygen atoms in total. The van der Waals surface area contributed by atoms with Gasteiger partial charge in [0, 0.05) is 12.1 Å². The second-order valence-corrected chi connectivity index (χ2v) is 6.15. The molecule has 7 heteroatoms. The van der Waals surface area contributed by atoms with Gasteiger partial charge in [-0.2, -0.15) is 0 Å². The van der Waals surface area contributed by atoms with E-state index in [1.165, 1.54) is 11.8 Å². The maximum Gasteiger partial charge on any atom is 0.344 e. The fourth-order valence-electron chi connectivity index (χ4n) is 2.17. The van der Waals surface area contributed by atoms with E-state index in [-0.39, 0.29) is 17.0 Å². The highest BCUT2D eigenvalue weighted by Gasteiger charge is 2.31. The van der Waals surface area contributed by atoms with Gasteiger partial charge < -0.3 is 10.2 Å². The van der Waals surface area contributed by atoms with E-state index < -0.39 is 0 Å². The van der Waals surface area contributed by atoms with Crippen molar-refractivity contribution in [2.24, 2.45) is 5.73 Å². The van der Waals surface area contributed by atoms with Crippen molar-refractivity contribution in [1.29, 1.82) is 0 Å². The molecular weight excluding hydrogens is 276 g/mol. The van der Waals surface area contributed by atoms with E-state index >= 15 is 0 Å². The van der Waals surface area contributed by atoms with Crippen LogP contribution in [0.2, 0.25) is 0 Å². The number of furan rings is 1. The van der Waals surface area contributed by atoms with Crippen molar-refractivity contribution in [2.75, 3.05) is 0 Å². The predicted octanol–water partition coefficient (Wildman–Crippen LogP) is 2.07. The molecule has 1 aliphatic rings. The Kier molecular flexibility index (Phi) is 3.71. The summed E-state index contributed by atoms with van der Waals surface area (Å²) in [6.07, 6.45) is 4.55. The van der Waals surface area contributed by atoms with Gasteiger partial charge >= 0.3 is 5.69 Å². The van der Waals surface area contributed by atoms with Crippen molar-refractivity contribution in [3.63, 3.8) is 0 Å². The molecule has 1 saturated carbocycles. The van der Waals surface area contributed by atoms with E-state index in [0.717, 1.165) is 25.0 Å². The third-order valence-electron chi connectivity index (χ3n) is 3.50. The Morgan fingerprint density at radius 3 is 3.05 bits per heavy atom. The number of nitrogens with two attached hydrogens (primary N) is 1. The van der Waals surface area contributed by atoms with Gasteiger partial charge in [-0.05, 0) is 31.4 Å². The van der Waals surface area contributed by atoms with Crippen LogP contribution in [-0.4, -0.2) is 20.8 Å². The van der Waals surface area contributed by atoms with Crippen molar-refractivity contribution in [3.8, 4) is 0 Å². The largest absolute Gasteiger partial charge is 0.468 e. The van der Waals surface area contributed by atoms with Gasteiger partial charge in [0.05, 0.1) is 11.5 Å². The first kappa shape index (κ1) is 13.5. The number of aromatic nitrogens is 3. The van der Waals surface area contributed by atoms with Crippen LogP contribution in [-0.2, 0) is 0 Å². The predicted molar refractivity (Wildman–Crippen MR) is 76.7 cm³/mol. The Morgan fingerprint density at radius 1 is 1.65 bits per heavy atom. The maximum absolute atomic E-state index is 11.8. The van der Waals surface area contributed by atoms with Crippen LogP contribution in [0.5, 0.6) is 0 Å². The van der Waals surface area contributed by atoms with Crippen LogP contribution in [0.25, 0.3) is 0 Å². The van der Waals surface area contributed by atoms with Crippen LogP contribution in [0.4, 0.5) is 0 Å². The molecule has 0 saturated heterocycles. The van der Waals surface area contributed by atoms with Crippen molar-refractivity contribution in [3.05, 3.63) is 34.6 Å². The number of thioether (sulfide) groups is 1. The molecule has 0 spiro atoms. The average molecular weight is 294 g/mol. The zero-order valence-electron chi connectivity index (χ0n) is 11.3. The Hall–Kier alpha value is -1.47. The molecule has 0 amide bonds. The molecule has 2 heterocycles. The smallest absolute Gasteiger partial charge is 0.344 e. The van der Waals surface area contributed by atoms with Crippen LogP contribution in [0.15, 0.2) is 32.8 Å². The van der Waals surface area contributed by atoms with E-state index in [4.69, 9.17) is 10.2 Å². The zero-order valence-corrected chi connectivity index (χ0v) is 12.1. The molecule has 20 heavy (non-hydrogen) atoms. The summed E-state index contributed by atoms with van der Waals surface area (Å²) in [5.74, 6) is 0.821. The van der Waals surface area contributed by atoms with Crippen molar-refractivity contribution >= 4 is 11.8 Å². The van der Waals surface area contributed by atoms with Crippen molar-refractivity contribution < 1.29 is 4.42 Å². The molecule has 1 fully saturated rings. The molecule has 0 radical (unpaired) electrons. The number of nitrogens with zero attached hydrogens (tertiary/aromatic N) is 2. The quantitative estimate of drug-likeness (QED) is 0.796. The van der Waals surface area contributed by atoms with Gasteiger partial charge in [0.1, 0.15) is 5.76 Å². The van der Waals surface area contributed by atoms with Crippen LogP contribution in [0.1, 0.15) is 43.2 Å². The van der Waals surface area contributed by atoms with Crippen LogP contribution < -0.4 is 11.4 Å². The SMILES string of the molecule is CCC(N)C(Sc1n[nH]c(=O)n1C1CC1)c1ccco1. The van der Waals surface area contributed by atoms with Crippen LogP contribution in [0, 0.1) is 0 Å². The molecule has 0 bridgehead atoms. The summed E-state index contributed by atoms with van der Waals surface area (Å²) in [5.41, 5.74) is 6.06. The molecule has 1 aliphatic carbocycles. The van der Waals surface area contributed by atoms with Crippen molar-refractivity contribution in [2.45, 2.75) is 48.7 Å². The lowest BCUT2D eigenvalue weighted by atomic mass is 10.1. The lowest BCUT2D eigenvalue weighted by Crippen LogP contribution is -2.26. The number of nitrogens with one attached hydrogen (secondary N) is 1. The molecule has 2 aromatic rings. The molecule has 2 aromatic heterocycles. The average Bonchev–Trinajstić information content (AvgIpc) is 3.00. The summed E-state index contributed by atoms with van der Waals surface area (Å²) < 4.78 is 7.23. The van der Waals surface area contributed by atoms with Gasteiger partial charge in [0.15, 0.2) is 5.16 Å². The number of rotatable bonds is 6. The Balaban J connectivity index is 1.88. The molecule has 2 atom stereocenters. The van der Waals surface area contributed by atoms with Gasteiger partial charge in [-0.15, -0.1) is 5.10 Å². The first-order valence-corrected chi connectivity index (χ1v) is 7.71. The first-order chi connectivity index (χ1) is 9.70. The number of H-pyrrole nitrogens is 1. The monoisotopic (exact) mass is 294 g/mol. The molecule has 108 valence electrons. The summed E-state index contributed by atoms with van der Waals surface area (Å²) in [7, 11) is 0. The van der Waals surface area contributed by atoms with Gasteiger partial charge in [-0.1, -0.05) is 18.7 Å². The standard InChI is InChI=1S/C13H18N4O2S/c1-2-9(14)11(10-4-3-7-19-10)20-13-16-15-12(18)17(13)8-5-6-8/h3-4,7-9,11H,2,5-6,14H2,1H3,(H,15,18). The highest BCUT2D eigenvalue weighted by Crippen LogP contribution is 2.41. The van der Waals surface area contributed by atoms with Gasteiger partial charge in [0.2, 0.25) is 0 Å². The van der Waals surface area contributed by atoms with Gasteiger partial charge in [-0.3, -0.25) is 4.57 Å². The molecule has 3 N–H and O–H groups in total. The highest BCUT2D eigenvalue weighted by atomic mass is 32.2. The molecular formula is C13H18N4O2S. The second-order valence-electron chi connectivity index (χ2n) is 5.04. The van der Waals surface area contributed by atoms with Gasteiger partial charge in [-0.25, -0.2) is 9.89 Å². The van der Waals surface area contributed by atoms with E-state index in [0.29, 0.717) is 11.2 Å². The second kappa shape index (κ2) is 5.49. The fourth-order valence-corrected chi connectivity index (χ4v) is 3.45. The Morgan fingerprint density at radius 2 is 2.45 bits per heavy atom. The van der Waals surface area contributed by atoms with E-state index in [9.17, 15) is 4.79 Å². The Bertz CT molecular complexity index is 615. The molecule has 2 unspecified atom stereocenters. The third kappa shape index (κ3) is 2.55. The van der Waals surface area contributed by atoms with Crippen LogP contribution in [0.3, 0.4) is 0 Å². The summed E-state index contributed by atoms with van der Waals surface area (Å²) in [5, 5.41) is 7.32. The minimum absolute atomic E-state index is 0.0392. The zero-order chi connectivity index (χ0) is 14.1.